The minimum absolute atomic E-state index is 0.103. The minimum Gasteiger partial charge on any atom is -0.492 e. The summed E-state index contributed by atoms with van der Waals surface area (Å²) in [5.41, 5.74) is 1.37. The van der Waals surface area contributed by atoms with E-state index in [2.05, 4.69) is 45.6 Å². The number of rotatable bonds is 2. The number of hydrogen-bond donors (Lipinski definition) is 0. The molecule has 2 heterocycles. The molecule has 2 aliphatic heterocycles. The number of nitrogens with zero attached hydrogens (tertiary/aromatic N) is 1. The average molecular weight is 275 g/mol. The Morgan fingerprint density at radius 2 is 2.11 bits per heavy atom. The molecule has 0 aromatic carbocycles. The molecule has 2 nitrogen and oxygen atoms in total. The summed E-state index contributed by atoms with van der Waals surface area (Å²) in [6.45, 7) is 9.42. The van der Waals surface area contributed by atoms with Gasteiger partial charge in [0.1, 0.15) is 5.76 Å². The molecule has 0 aliphatic carbocycles. The van der Waals surface area contributed by atoms with Crippen molar-refractivity contribution in [2.24, 2.45) is 5.41 Å². The molecule has 0 aromatic heterocycles. The first kappa shape index (κ1) is 14.1. The Morgan fingerprint density at radius 3 is 2.84 bits per heavy atom. The molecule has 2 unspecified atom stereocenters. The Hall–Kier alpha value is -1.27. The van der Waals surface area contributed by atoms with E-state index in [9.17, 15) is 0 Å². The molecule has 1 fully saturated rings. The summed E-state index contributed by atoms with van der Waals surface area (Å²) in [5, 5.41) is 0. The first-order chi connectivity index (χ1) is 9.22. The van der Waals surface area contributed by atoms with Crippen LogP contribution in [0.3, 0.4) is 0 Å². The molecule has 0 saturated carbocycles. The lowest BCUT2D eigenvalue weighted by Crippen LogP contribution is -2.25. The predicted octanol–water partition coefficient (Wildman–Crippen LogP) is 3.98. The quantitative estimate of drug-likeness (QED) is 0.707. The van der Waals surface area contributed by atoms with E-state index in [1.54, 1.807) is 6.08 Å². The molecule has 1 spiro atoms. The summed E-state index contributed by atoms with van der Waals surface area (Å²) in [6, 6.07) is 0. The highest BCUT2D eigenvalue weighted by Crippen LogP contribution is 2.47. The second-order valence-corrected chi connectivity index (χ2v) is 5.75. The molecule has 2 aliphatic rings. The zero-order valence-corrected chi connectivity index (χ0v) is 12.5. The summed E-state index contributed by atoms with van der Waals surface area (Å²) < 4.78 is 8.06. The molecule has 3 heteroatoms. The van der Waals surface area contributed by atoms with Crippen molar-refractivity contribution >= 4 is 9.39 Å². The van der Waals surface area contributed by atoms with Crippen LogP contribution in [0.25, 0.3) is 0 Å². The fourth-order valence-electron chi connectivity index (χ4n) is 2.82. The molecule has 19 heavy (non-hydrogen) atoms. The molecular formula is C16H22NOP. The third kappa shape index (κ3) is 3.01. The minimum atomic E-state index is 0.103. The monoisotopic (exact) mass is 275 g/mol. The summed E-state index contributed by atoms with van der Waals surface area (Å²) in [6.07, 6.45) is 15.4. The van der Waals surface area contributed by atoms with Crippen LogP contribution in [-0.2, 0) is 4.74 Å². The van der Waals surface area contributed by atoms with Crippen molar-refractivity contribution in [3.8, 4) is 0 Å². The van der Waals surface area contributed by atoms with Gasteiger partial charge in [-0.05, 0) is 40.9 Å². The fourth-order valence-corrected chi connectivity index (χ4v) is 3.12. The fraction of sp³-hybridized carbons (Fsp3) is 0.375. The molecular weight excluding hydrogens is 253 g/mol. The van der Waals surface area contributed by atoms with E-state index in [-0.39, 0.29) is 5.41 Å². The maximum absolute atomic E-state index is 5.90. The molecule has 0 radical (unpaired) electrons. The van der Waals surface area contributed by atoms with E-state index in [1.165, 1.54) is 5.57 Å². The smallest absolute Gasteiger partial charge is 0.123 e. The van der Waals surface area contributed by atoms with Gasteiger partial charge in [0.25, 0.3) is 0 Å². The molecule has 0 amide bonds. The summed E-state index contributed by atoms with van der Waals surface area (Å²) >= 11 is 0. The average Bonchev–Trinajstić information content (AvgIpc) is 2.69. The van der Waals surface area contributed by atoms with Crippen LogP contribution in [0.15, 0.2) is 61.1 Å². The Balaban J connectivity index is 2.33. The topological polar surface area (TPSA) is 12.5 Å². The summed E-state index contributed by atoms with van der Waals surface area (Å²) in [4.78, 5) is 0. The Morgan fingerprint density at radius 1 is 1.32 bits per heavy atom. The van der Waals surface area contributed by atoms with Crippen molar-refractivity contribution in [1.82, 2.24) is 4.67 Å². The van der Waals surface area contributed by atoms with E-state index in [0.717, 1.165) is 38.2 Å². The Bertz CT molecular complexity index is 450. The number of ether oxygens (including phenoxy) is 1. The third-order valence-corrected chi connectivity index (χ3v) is 4.20. The lowest BCUT2D eigenvalue weighted by molar-refractivity contribution is 0.175. The van der Waals surface area contributed by atoms with Crippen LogP contribution in [-0.4, -0.2) is 17.8 Å². The van der Waals surface area contributed by atoms with Gasteiger partial charge in [-0.3, -0.25) is 0 Å². The van der Waals surface area contributed by atoms with Crippen LogP contribution in [0.4, 0.5) is 0 Å². The zero-order chi connectivity index (χ0) is 13.7. The lowest BCUT2D eigenvalue weighted by Gasteiger charge is -2.30. The van der Waals surface area contributed by atoms with Crippen LogP contribution in [0.2, 0.25) is 0 Å². The van der Waals surface area contributed by atoms with Crippen molar-refractivity contribution < 1.29 is 4.74 Å². The summed E-state index contributed by atoms with van der Waals surface area (Å²) in [7, 11) is 2.74. The Labute approximate surface area is 118 Å². The molecule has 1 saturated heterocycles. The highest BCUT2D eigenvalue weighted by Gasteiger charge is 2.41. The number of allylic oxidation sites excluding steroid dienone is 6. The van der Waals surface area contributed by atoms with Crippen LogP contribution >= 0.6 is 9.39 Å². The first-order valence-corrected chi connectivity index (χ1v) is 7.20. The van der Waals surface area contributed by atoms with Gasteiger partial charge in [-0.1, -0.05) is 37.5 Å². The van der Waals surface area contributed by atoms with Gasteiger partial charge in [-0.25, -0.2) is 0 Å². The van der Waals surface area contributed by atoms with Gasteiger partial charge in [-0.15, -0.1) is 0 Å². The first-order valence-electron chi connectivity index (χ1n) is 6.69. The van der Waals surface area contributed by atoms with Crippen molar-refractivity contribution in [3.05, 3.63) is 61.1 Å². The normalized spacial score (nSPS) is 33.0. The van der Waals surface area contributed by atoms with Crippen LogP contribution in [0.1, 0.15) is 19.3 Å². The van der Waals surface area contributed by atoms with Crippen LogP contribution in [0, 0.1) is 5.41 Å². The number of hydrogen-bond acceptors (Lipinski definition) is 2. The van der Waals surface area contributed by atoms with Gasteiger partial charge in [-0.2, -0.15) is 0 Å². The van der Waals surface area contributed by atoms with Gasteiger partial charge in [0.05, 0.1) is 6.61 Å². The van der Waals surface area contributed by atoms with Gasteiger partial charge in [0, 0.05) is 17.5 Å². The van der Waals surface area contributed by atoms with Crippen LogP contribution in [0.5, 0.6) is 0 Å². The van der Waals surface area contributed by atoms with E-state index in [1.807, 2.05) is 12.2 Å². The molecule has 0 aromatic rings. The van der Waals surface area contributed by atoms with E-state index < -0.39 is 0 Å². The zero-order valence-electron chi connectivity index (χ0n) is 11.3. The van der Waals surface area contributed by atoms with Crippen molar-refractivity contribution in [2.45, 2.75) is 19.3 Å². The highest BCUT2D eigenvalue weighted by atomic mass is 31.0. The molecule has 2 atom stereocenters. The SMILES string of the molecule is C=C/C=C1\C(=C/C=C)OCC12C/C=C\N(P)CCC2. The second kappa shape index (κ2) is 6.25. The molecule has 0 bridgehead atoms. The van der Waals surface area contributed by atoms with Gasteiger partial charge in [0.2, 0.25) is 0 Å². The van der Waals surface area contributed by atoms with E-state index in [0.29, 0.717) is 0 Å². The molecule has 0 N–H and O–H groups in total. The standard InChI is InChI=1S/C16H22NOP/c1-3-7-14-15(8-4-2)18-13-16(14)9-5-11-17(19)12-6-10-16/h3-5,7-8,11H,1-2,6,9-10,12-13,19H2/b11-5-,14-7+,15-8+. The maximum Gasteiger partial charge on any atom is 0.123 e. The second-order valence-electron chi connectivity index (χ2n) is 5.08. The van der Waals surface area contributed by atoms with E-state index >= 15 is 0 Å². The predicted molar refractivity (Wildman–Crippen MR) is 84.4 cm³/mol. The van der Waals surface area contributed by atoms with E-state index in [4.69, 9.17) is 4.74 Å². The van der Waals surface area contributed by atoms with Crippen molar-refractivity contribution in [1.29, 1.82) is 0 Å². The molecule has 2 rings (SSSR count). The van der Waals surface area contributed by atoms with Gasteiger partial charge in [0.15, 0.2) is 0 Å². The third-order valence-electron chi connectivity index (χ3n) is 3.77. The summed E-state index contributed by atoms with van der Waals surface area (Å²) in [5.74, 6) is 0.951. The highest BCUT2D eigenvalue weighted by molar-refractivity contribution is 7.13. The van der Waals surface area contributed by atoms with Crippen molar-refractivity contribution in [3.63, 3.8) is 0 Å². The Kier molecular flexibility index (Phi) is 4.66. The van der Waals surface area contributed by atoms with Crippen molar-refractivity contribution in [2.75, 3.05) is 13.2 Å². The maximum atomic E-state index is 5.90. The van der Waals surface area contributed by atoms with Gasteiger partial charge >= 0.3 is 0 Å². The van der Waals surface area contributed by atoms with Crippen LogP contribution < -0.4 is 0 Å². The molecule has 102 valence electrons. The largest absolute Gasteiger partial charge is 0.492 e. The van der Waals surface area contributed by atoms with Gasteiger partial charge < -0.3 is 9.41 Å². The lowest BCUT2D eigenvalue weighted by atomic mass is 9.74.